The summed E-state index contributed by atoms with van der Waals surface area (Å²) in [5, 5.41) is 21.5. The van der Waals surface area contributed by atoms with Gasteiger partial charge in [0.05, 0.1) is 24.6 Å². The lowest BCUT2D eigenvalue weighted by Gasteiger charge is -2.24. The van der Waals surface area contributed by atoms with Gasteiger partial charge in [0.2, 0.25) is 0 Å². The molecular formula is C19H18N4O2. The molecule has 0 radical (unpaired) electrons. The Hall–Kier alpha value is -2.99. The van der Waals surface area contributed by atoms with Crippen LogP contribution in [0, 0.1) is 0 Å². The van der Waals surface area contributed by atoms with E-state index in [1.165, 1.54) is 0 Å². The van der Waals surface area contributed by atoms with Crippen LogP contribution in [0.5, 0.6) is 0 Å². The molecule has 0 saturated carbocycles. The Balaban J connectivity index is 1.49. The predicted octanol–water partition coefficient (Wildman–Crippen LogP) is 1.83. The zero-order valence-corrected chi connectivity index (χ0v) is 13.6. The average molecular weight is 334 g/mol. The van der Waals surface area contributed by atoms with Crippen LogP contribution in [0.4, 0.5) is 0 Å². The summed E-state index contributed by atoms with van der Waals surface area (Å²) in [7, 11) is 0. The third kappa shape index (κ3) is 2.92. The first-order chi connectivity index (χ1) is 12.2. The van der Waals surface area contributed by atoms with E-state index >= 15 is 0 Å². The molecule has 0 fully saturated rings. The highest BCUT2D eigenvalue weighted by atomic mass is 16.3. The van der Waals surface area contributed by atoms with Gasteiger partial charge in [0.1, 0.15) is 5.60 Å². The SMILES string of the molecule is O=C(NCC1(O)CCc2ccccc21)c1cccc(-n2ccnn2)c1. The molecule has 126 valence electrons. The van der Waals surface area contributed by atoms with E-state index in [0.717, 1.165) is 23.2 Å². The van der Waals surface area contributed by atoms with Crippen molar-refractivity contribution < 1.29 is 9.90 Å². The number of aliphatic hydroxyl groups is 1. The molecule has 25 heavy (non-hydrogen) atoms. The summed E-state index contributed by atoms with van der Waals surface area (Å²) in [6, 6.07) is 15.0. The summed E-state index contributed by atoms with van der Waals surface area (Å²) >= 11 is 0. The number of hydrogen-bond donors (Lipinski definition) is 2. The number of aryl methyl sites for hydroxylation is 1. The summed E-state index contributed by atoms with van der Waals surface area (Å²) in [5.74, 6) is -0.222. The third-order valence-corrected chi connectivity index (χ3v) is 4.66. The van der Waals surface area contributed by atoms with Gasteiger partial charge in [0, 0.05) is 5.56 Å². The van der Waals surface area contributed by atoms with Crippen LogP contribution in [0.25, 0.3) is 5.69 Å². The number of amides is 1. The first-order valence-electron chi connectivity index (χ1n) is 8.21. The quantitative estimate of drug-likeness (QED) is 0.763. The zero-order valence-electron chi connectivity index (χ0n) is 13.6. The molecule has 0 aliphatic heterocycles. The van der Waals surface area contributed by atoms with Gasteiger partial charge in [-0.15, -0.1) is 5.10 Å². The van der Waals surface area contributed by atoms with E-state index in [4.69, 9.17) is 0 Å². The minimum atomic E-state index is -1.00. The van der Waals surface area contributed by atoms with E-state index in [-0.39, 0.29) is 12.5 Å². The van der Waals surface area contributed by atoms with Gasteiger partial charge in [0.15, 0.2) is 0 Å². The van der Waals surface area contributed by atoms with Crippen molar-refractivity contribution in [1.29, 1.82) is 0 Å². The van der Waals surface area contributed by atoms with Gasteiger partial charge in [0.25, 0.3) is 5.91 Å². The predicted molar refractivity (Wildman–Crippen MR) is 92.4 cm³/mol. The first kappa shape index (κ1) is 15.5. The van der Waals surface area contributed by atoms with E-state index in [9.17, 15) is 9.90 Å². The largest absolute Gasteiger partial charge is 0.383 e. The Labute approximate surface area is 145 Å². The van der Waals surface area contributed by atoms with Gasteiger partial charge in [-0.05, 0) is 42.2 Å². The molecule has 1 amide bonds. The van der Waals surface area contributed by atoms with Crippen molar-refractivity contribution in [3.05, 3.63) is 77.6 Å². The Morgan fingerprint density at radius 2 is 2.12 bits per heavy atom. The van der Waals surface area contributed by atoms with Crippen molar-refractivity contribution in [2.75, 3.05) is 6.54 Å². The van der Waals surface area contributed by atoms with Crippen LogP contribution in [-0.4, -0.2) is 32.6 Å². The average Bonchev–Trinajstić information content (AvgIpc) is 3.30. The van der Waals surface area contributed by atoms with Gasteiger partial charge in [-0.2, -0.15) is 0 Å². The maximum absolute atomic E-state index is 12.5. The lowest BCUT2D eigenvalue weighted by molar-refractivity contribution is 0.0369. The van der Waals surface area contributed by atoms with Gasteiger partial charge in [-0.1, -0.05) is 35.5 Å². The van der Waals surface area contributed by atoms with Crippen molar-refractivity contribution in [3.8, 4) is 5.69 Å². The molecule has 4 rings (SSSR count). The molecular weight excluding hydrogens is 316 g/mol. The smallest absolute Gasteiger partial charge is 0.251 e. The second-order valence-corrected chi connectivity index (χ2v) is 6.27. The van der Waals surface area contributed by atoms with Crippen molar-refractivity contribution in [2.45, 2.75) is 18.4 Å². The Morgan fingerprint density at radius 3 is 2.96 bits per heavy atom. The molecule has 2 aromatic carbocycles. The Kier molecular flexibility index (Phi) is 3.82. The standard InChI is InChI=1S/C19H18N4O2/c24-18(15-5-3-6-16(12-15)23-11-10-21-22-23)20-13-19(25)9-8-14-4-1-2-7-17(14)19/h1-7,10-12,25H,8-9,13H2,(H,20,24). The Bertz CT molecular complexity index is 907. The lowest BCUT2D eigenvalue weighted by atomic mass is 9.96. The molecule has 1 heterocycles. The van der Waals surface area contributed by atoms with Crippen LogP contribution in [-0.2, 0) is 12.0 Å². The van der Waals surface area contributed by atoms with Crippen LogP contribution < -0.4 is 5.32 Å². The van der Waals surface area contributed by atoms with Crippen molar-refractivity contribution in [2.24, 2.45) is 0 Å². The number of rotatable bonds is 4. The third-order valence-electron chi connectivity index (χ3n) is 4.66. The highest BCUT2D eigenvalue weighted by Gasteiger charge is 2.36. The molecule has 1 aliphatic carbocycles. The normalized spacial score (nSPS) is 18.8. The molecule has 1 atom stereocenters. The second-order valence-electron chi connectivity index (χ2n) is 6.27. The van der Waals surface area contributed by atoms with Gasteiger partial charge >= 0.3 is 0 Å². The molecule has 2 N–H and O–H groups in total. The van der Waals surface area contributed by atoms with Crippen LogP contribution in [0.3, 0.4) is 0 Å². The molecule has 3 aromatic rings. The number of carbonyl (C=O) groups excluding carboxylic acids is 1. The highest BCUT2D eigenvalue weighted by Crippen LogP contribution is 2.36. The second kappa shape index (κ2) is 6.14. The fourth-order valence-electron chi connectivity index (χ4n) is 3.32. The number of aromatic nitrogens is 3. The van der Waals surface area contributed by atoms with E-state index in [2.05, 4.69) is 15.6 Å². The maximum Gasteiger partial charge on any atom is 0.251 e. The molecule has 6 heteroatoms. The molecule has 1 aliphatic rings. The molecule has 0 spiro atoms. The fourth-order valence-corrected chi connectivity index (χ4v) is 3.32. The van der Waals surface area contributed by atoms with Crippen LogP contribution in [0.2, 0.25) is 0 Å². The summed E-state index contributed by atoms with van der Waals surface area (Å²) in [6.07, 6.45) is 4.74. The van der Waals surface area contributed by atoms with Gasteiger partial charge in [-0.3, -0.25) is 4.79 Å². The molecule has 1 unspecified atom stereocenters. The topological polar surface area (TPSA) is 80.0 Å². The number of nitrogens with zero attached hydrogens (tertiary/aromatic N) is 3. The maximum atomic E-state index is 12.5. The fraction of sp³-hybridized carbons (Fsp3) is 0.211. The monoisotopic (exact) mass is 334 g/mol. The van der Waals surface area contributed by atoms with Crippen LogP contribution in [0.1, 0.15) is 27.9 Å². The lowest BCUT2D eigenvalue weighted by Crippen LogP contribution is -2.39. The van der Waals surface area contributed by atoms with Gasteiger partial charge < -0.3 is 10.4 Å². The number of nitrogens with one attached hydrogen (secondary N) is 1. The summed E-state index contributed by atoms with van der Waals surface area (Å²) in [5.41, 5.74) is 2.33. The molecule has 0 saturated heterocycles. The van der Waals surface area contributed by atoms with Crippen LogP contribution >= 0.6 is 0 Å². The van der Waals surface area contributed by atoms with Crippen LogP contribution in [0.15, 0.2) is 60.9 Å². The van der Waals surface area contributed by atoms with Crippen molar-refractivity contribution >= 4 is 5.91 Å². The van der Waals surface area contributed by atoms with E-state index in [0.29, 0.717) is 12.0 Å². The van der Waals surface area contributed by atoms with Crippen molar-refractivity contribution in [1.82, 2.24) is 20.3 Å². The van der Waals surface area contributed by atoms with E-state index in [1.54, 1.807) is 35.3 Å². The van der Waals surface area contributed by atoms with Gasteiger partial charge in [-0.25, -0.2) is 4.68 Å². The minimum Gasteiger partial charge on any atom is -0.383 e. The zero-order chi connectivity index (χ0) is 17.3. The highest BCUT2D eigenvalue weighted by molar-refractivity contribution is 5.94. The number of benzene rings is 2. The molecule has 1 aromatic heterocycles. The molecule has 6 nitrogen and oxygen atoms in total. The summed E-state index contributed by atoms with van der Waals surface area (Å²) in [6.45, 7) is 0.191. The van der Waals surface area contributed by atoms with E-state index < -0.39 is 5.60 Å². The number of carbonyl (C=O) groups is 1. The summed E-state index contributed by atoms with van der Waals surface area (Å²) in [4.78, 5) is 12.5. The summed E-state index contributed by atoms with van der Waals surface area (Å²) < 4.78 is 1.59. The number of fused-ring (bicyclic) bond motifs is 1. The van der Waals surface area contributed by atoms with E-state index in [1.807, 2.05) is 30.3 Å². The minimum absolute atomic E-state index is 0.191. The Morgan fingerprint density at radius 1 is 1.24 bits per heavy atom. The first-order valence-corrected chi connectivity index (χ1v) is 8.21. The van der Waals surface area contributed by atoms with Crippen molar-refractivity contribution in [3.63, 3.8) is 0 Å². The number of hydrogen-bond acceptors (Lipinski definition) is 4. The molecule has 0 bridgehead atoms.